The number of anilines is 2. The topological polar surface area (TPSA) is 47.1 Å². The average molecular weight is 258 g/mol. The molecule has 102 valence electrons. The number of aryl methyl sites for hydroxylation is 3. The molecule has 0 fully saturated rings. The minimum absolute atomic E-state index is 0.776. The van der Waals surface area contributed by atoms with Crippen molar-refractivity contribution in [1.29, 1.82) is 0 Å². The Labute approximate surface area is 114 Å². The lowest BCUT2D eigenvalue weighted by Crippen LogP contribution is -2.25. The van der Waals surface area contributed by atoms with Crippen LogP contribution in [0, 0.1) is 13.8 Å². The maximum absolute atomic E-state index is 6.15. The molecule has 1 aromatic carbocycles. The number of benzene rings is 1. The first-order chi connectivity index (χ1) is 9.04. The lowest BCUT2D eigenvalue weighted by molar-refractivity contribution is 0.705. The van der Waals surface area contributed by atoms with Gasteiger partial charge in [-0.3, -0.25) is 4.68 Å². The van der Waals surface area contributed by atoms with Crippen molar-refractivity contribution < 1.29 is 0 Å². The summed E-state index contributed by atoms with van der Waals surface area (Å²) >= 11 is 0. The maximum atomic E-state index is 6.15. The average Bonchev–Trinajstić information content (AvgIpc) is 2.63. The normalized spacial score (nSPS) is 10.7. The molecule has 0 atom stereocenters. The number of hydrogen-bond acceptors (Lipinski definition) is 3. The van der Waals surface area contributed by atoms with E-state index in [2.05, 4.69) is 48.1 Å². The Kier molecular flexibility index (Phi) is 3.79. The van der Waals surface area contributed by atoms with Gasteiger partial charge in [0.15, 0.2) is 5.82 Å². The van der Waals surface area contributed by atoms with Gasteiger partial charge in [-0.05, 0) is 31.9 Å². The molecule has 0 saturated heterocycles. The summed E-state index contributed by atoms with van der Waals surface area (Å²) in [6, 6.07) is 8.45. The zero-order valence-electron chi connectivity index (χ0n) is 12.1. The van der Waals surface area contributed by atoms with Crippen LogP contribution in [0.15, 0.2) is 24.3 Å². The Morgan fingerprint density at radius 2 is 1.95 bits per heavy atom. The molecular formula is C15H22N4. The van der Waals surface area contributed by atoms with Gasteiger partial charge < -0.3 is 10.6 Å². The third-order valence-corrected chi connectivity index (χ3v) is 3.54. The first kappa shape index (κ1) is 13.5. The van der Waals surface area contributed by atoms with Crippen LogP contribution in [0.3, 0.4) is 0 Å². The summed E-state index contributed by atoms with van der Waals surface area (Å²) in [5.74, 6) is 1.00. The number of nitrogens with zero attached hydrogens (tertiary/aromatic N) is 3. The van der Waals surface area contributed by atoms with Crippen LogP contribution in [0.25, 0.3) is 0 Å². The lowest BCUT2D eigenvalue weighted by atomic mass is 10.1. The number of nitrogen functional groups attached to an aromatic ring is 1. The summed E-state index contributed by atoms with van der Waals surface area (Å²) in [4.78, 5) is 2.26. The van der Waals surface area contributed by atoms with Crippen molar-refractivity contribution in [3.05, 3.63) is 41.1 Å². The van der Waals surface area contributed by atoms with E-state index in [1.807, 2.05) is 18.7 Å². The van der Waals surface area contributed by atoms with Crippen molar-refractivity contribution in [3.63, 3.8) is 0 Å². The van der Waals surface area contributed by atoms with E-state index in [1.54, 1.807) is 0 Å². The molecule has 0 radical (unpaired) electrons. The summed E-state index contributed by atoms with van der Waals surface area (Å²) in [7, 11) is 1.94. The molecule has 0 spiro atoms. The fraction of sp³-hybridized carbons (Fsp3) is 0.400. The fourth-order valence-corrected chi connectivity index (χ4v) is 2.37. The van der Waals surface area contributed by atoms with Gasteiger partial charge in [0.25, 0.3) is 0 Å². The van der Waals surface area contributed by atoms with E-state index in [-0.39, 0.29) is 0 Å². The molecule has 4 heteroatoms. The summed E-state index contributed by atoms with van der Waals surface area (Å²) < 4.78 is 1.87. The molecule has 0 unspecified atom stereocenters. The van der Waals surface area contributed by atoms with Crippen molar-refractivity contribution in [2.24, 2.45) is 7.05 Å². The van der Waals surface area contributed by atoms with Crippen LogP contribution >= 0.6 is 0 Å². The maximum Gasteiger partial charge on any atom is 0.150 e. The Morgan fingerprint density at radius 1 is 1.26 bits per heavy atom. The van der Waals surface area contributed by atoms with Crippen LogP contribution in [0.2, 0.25) is 0 Å². The van der Waals surface area contributed by atoms with E-state index in [0.29, 0.717) is 0 Å². The molecule has 19 heavy (non-hydrogen) atoms. The van der Waals surface area contributed by atoms with Crippen molar-refractivity contribution >= 4 is 11.5 Å². The molecule has 4 nitrogen and oxygen atoms in total. The second-order valence-electron chi connectivity index (χ2n) is 4.89. The summed E-state index contributed by atoms with van der Waals surface area (Å²) in [5.41, 5.74) is 10.4. The standard InChI is InChI=1S/C15H22N4/c1-5-19(10-13-9-7-6-8-11(13)2)15-14(16)12(3)17-18(15)4/h6-9H,5,10,16H2,1-4H3. The SMILES string of the molecule is CCN(Cc1ccccc1C)c1c(N)c(C)nn1C. The fourth-order valence-electron chi connectivity index (χ4n) is 2.37. The summed E-state index contributed by atoms with van der Waals surface area (Å²) in [6.45, 7) is 7.98. The predicted molar refractivity (Wildman–Crippen MR) is 80.3 cm³/mol. The minimum Gasteiger partial charge on any atom is -0.394 e. The largest absolute Gasteiger partial charge is 0.394 e. The number of rotatable bonds is 4. The van der Waals surface area contributed by atoms with Crippen molar-refractivity contribution in [1.82, 2.24) is 9.78 Å². The van der Waals surface area contributed by atoms with Crippen LogP contribution in [-0.2, 0) is 13.6 Å². The molecule has 0 aliphatic heterocycles. The monoisotopic (exact) mass is 258 g/mol. The van der Waals surface area contributed by atoms with E-state index in [9.17, 15) is 0 Å². The predicted octanol–water partition coefficient (Wildman–Crippen LogP) is 2.65. The van der Waals surface area contributed by atoms with Gasteiger partial charge in [-0.25, -0.2) is 0 Å². The molecule has 2 aromatic rings. The first-order valence-corrected chi connectivity index (χ1v) is 6.63. The molecule has 0 aliphatic rings. The minimum atomic E-state index is 0.776. The third kappa shape index (κ3) is 2.57. The molecule has 1 aromatic heterocycles. The Balaban J connectivity index is 2.33. The van der Waals surface area contributed by atoms with Crippen LogP contribution in [0.4, 0.5) is 11.5 Å². The van der Waals surface area contributed by atoms with Gasteiger partial charge in [-0.1, -0.05) is 24.3 Å². The van der Waals surface area contributed by atoms with Gasteiger partial charge >= 0.3 is 0 Å². The highest BCUT2D eigenvalue weighted by Gasteiger charge is 2.16. The van der Waals surface area contributed by atoms with Crippen molar-refractivity contribution in [2.45, 2.75) is 27.3 Å². The molecule has 0 amide bonds. The van der Waals surface area contributed by atoms with E-state index in [1.165, 1.54) is 11.1 Å². The van der Waals surface area contributed by atoms with Crippen LogP contribution < -0.4 is 10.6 Å². The van der Waals surface area contributed by atoms with Crippen LogP contribution in [0.5, 0.6) is 0 Å². The molecule has 1 heterocycles. The van der Waals surface area contributed by atoms with Gasteiger partial charge in [0.2, 0.25) is 0 Å². The summed E-state index contributed by atoms with van der Waals surface area (Å²) in [6.07, 6.45) is 0. The van der Waals surface area contributed by atoms with Gasteiger partial charge in [-0.2, -0.15) is 5.10 Å². The van der Waals surface area contributed by atoms with E-state index in [4.69, 9.17) is 5.73 Å². The van der Waals surface area contributed by atoms with Crippen LogP contribution in [0.1, 0.15) is 23.7 Å². The first-order valence-electron chi connectivity index (χ1n) is 6.63. The highest BCUT2D eigenvalue weighted by molar-refractivity contribution is 5.66. The van der Waals surface area contributed by atoms with Crippen LogP contribution in [-0.4, -0.2) is 16.3 Å². The zero-order valence-corrected chi connectivity index (χ0v) is 12.1. The van der Waals surface area contributed by atoms with Gasteiger partial charge in [0, 0.05) is 20.1 Å². The van der Waals surface area contributed by atoms with E-state index < -0.39 is 0 Å². The van der Waals surface area contributed by atoms with Crippen molar-refractivity contribution in [2.75, 3.05) is 17.2 Å². The van der Waals surface area contributed by atoms with Gasteiger partial charge in [0.05, 0.1) is 11.4 Å². The zero-order chi connectivity index (χ0) is 14.0. The Hall–Kier alpha value is -1.97. The number of hydrogen-bond donors (Lipinski definition) is 1. The second-order valence-corrected chi connectivity index (χ2v) is 4.89. The number of nitrogens with two attached hydrogens (primary N) is 1. The Bertz CT molecular complexity index is 572. The van der Waals surface area contributed by atoms with E-state index in [0.717, 1.165) is 30.3 Å². The molecule has 2 rings (SSSR count). The molecular weight excluding hydrogens is 236 g/mol. The molecule has 0 saturated carbocycles. The molecule has 0 aliphatic carbocycles. The quantitative estimate of drug-likeness (QED) is 0.917. The smallest absolute Gasteiger partial charge is 0.150 e. The summed E-state index contributed by atoms with van der Waals surface area (Å²) in [5, 5.41) is 4.39. The molecule has 0 bridgehead atoms. The van der Waals surface area contributed by atoms with Gasteiger partial charge in [-0.15, -0.1) is 0 Å². The third-order valence-electron chi connectivity index (χ3n) is 3.54. The van der Waals surface area contributed by atoms with E-state index >= 15 is 0 Å². The van der Waals surface area contributed by atoms with Gasteiger partial charge in [0.1, 0.15) is 0 Å². The highest BCUT2D eigenvalue weighted by atomic mass is 15.4. The lowest BCUT2D eigenvalue weighted by Gasteiger charge is -2.24. The Morgan fingerprint density at radius 3 is 2.47 bits per heavy atom. The number of aromatic nitrogens is 2. The second kappa shape index (κ2) is 5.34. The molecule has 2 N–H and O–H groups in total. The highest BCUT2D eigenvalue weighted by Crippen LogP contribution is 2.27. The van der Waals surface area contributed by atoms with Crippen molar-refractivity contribution in [3.8, 4) is 0 Å².